The fourth-order valence-corrected chi connectivity index (χ4v) is 1.85. The summed E-state index contributed by atoms with van der Waals surface area (Å²) in [5, 5.41) is 3.05. The van der Waals surface area contributed by atoms with Crippen LogP contribution < -0.4 is 5.32 Å². The zero-order chi connectivity index (χ0) is 15.0. The van der Waals surface area contributed by atoms with Crippen LogP contribution in [0.25, 0.3) is 0 Å². The van der Waals surface area contributed by atoms with Gasteiger partial charge in [-0.1, -0.05) is 6.08 Å². The molecule has 1 atom stereocenters. The van der Waals surface area contributed by atoms with Gasteiger partial charge in [-0.2, -0.15) is 0 Å². The van der Waals surface area contributed by atoms with Crippen molar-refractivity contribution in [2.45, 2.75) is 25.8 Å². The third-order valence-corrected chi connectivity index (χ3v) is 2.74. The number of halogens is 2. The maximum Gasteiger partial charge on any atom is 0.307 e. The first-order chi connectivity index (χ1) is 9.56. The fourth-order valence-electron chi connectivity index (χ4n) is 1.85. The Balaban J connectivity index is 2.74. The second kappa shape index (κ2) is 8.43. The normalized spacial score (nSPS) is 11.9. The Morgan fingerprint density at radius 3 is 2.90 bits per heavy atom. The van der Waals surface area contributed by atoms with Crippen LogP contribution in [0.3, 0.4) is 0 Å². The molecule has 0 aliphatic rings. The number of carbonyl (C=O) groups excluding carboxylic acids is 1. The van der Waals surface area contributed by atoms with Gasteiger partial charge in [-0.3, -0.25) is 4.79 Å². The predicted octanol–water partition coefficient (Wildman–Crippen LogP) is 2.60. The van der Waals surface area contributed by atoms with Crippen LogP contribution in [0, 0.1) is 11.6 Å². The highest BCUT2D eigenvalue weighted by atomic mass is 19.1. The number of hydrogen-bond donors (Lipinski definition) is 1. The van der Waals surface area contributed by atoms with Crippen molar-refractivity contribution in [1.82, 2.24) is 5.32 Å². The second-order valence-corrected chi connectivity index (χ2v) is 4.34. The molecule has 0 heterocycles. The van der Waals surface area contributed by atoms with Crippen LogP contribution in [-0.2, 0) is 16.0 Å². The van der Waals surface area contributed by atoms with E-state index < -0.39 is 11.6 Å². The Morgan fingerprint density at radius 2 is 2.25 bits per heavy atom. The molecule has 0 fully saturated rings. The van der Waals surface area contributed by atoms with Crippen molar-refractivity contribution in [2.24, 2.45) is 0 Å². The highest BCUT2D eigenvalue weighted by Gasteiger charge is 2.16. The number of ether oxygens (including phenoxy) is 1. The Kier molecular flexibility index (Phi) is 6.87. The summed E-state index contributed by atoms with van der Waals surface area (Å²) in [6, 6.07) is 2.96. The number of esters is 1. The van der Waals surface area contributed by atoms with E-state index in [1.54, 1.807) is 13.0 Å². The monoisotopic (exact) mass is 283 g/mol. The Hall–Kier alpha value is -1.75. The highest BCUT2D eigenvalue weighted by Crippen LogP contribution is 2.13. The number of benzene rings is 1. The standard InChI is InChI=1S/C15H19F2NO2/c1-3-7-18-13(10-15(19)20-4-2)9-11-8-12(16)5-6-14(11)17/h3,5-6,8,13,18H,1,4,7,9-10H2,2H3. The molecule has 0 saturated carbocycles. The lowest BCUT2D eigenvalue weighted by atomic mass is 10.0. The molecule has 0 amide bonds. The molecule has 1 aromatic carbocycles. The lowest BCUT2D eigenvalue weighted by molar-refractivity contribution is -0.143. The summed E-state index contributed by atoms with van der Waals surface area (Å²) in [6.45, 7) is 6.06. The Labute approximate surface area is 117 Å². The molecule has 20 heavy (non-hydrogen) atoms. The van der Waals surface area contributed by atoms with E-state index in [1.165, 1.54) is 0 Å². The lowest BCUT2D eigenvalue weighted by Crippen LogP contribution is -2.34. The van der Waals surface area contributed by atoms with Gasteiger partial charge in [-0.05, 0) is 37.1 Å². The Morgan fingerprint density at radius 1 is 1.50 bits per heavy atom. The van der Waals surface area contributed by atoms with Crippen LogP contribution in [0.4, 0.5) is 8.78 Å². The SMILES string of the molecule is C=CCNC(CC(=O)OCC)Cc1cc(F)ccc1F. The molecular formula is C15H19F2NO2. The van der Waals surface area contributed by atoms with Crippen molar-refractivity contribution >= 4 is 5.97 Å². The zero-order valence-corrected chi connectivity index (χ0v) is 11.5. The van der Waals surface area contributed by atoms with Gasteiger partial charge in [0.2, 0.25) is 0 Å². The minimum atomic E-state index is -0.500. The molecule has 0 radical (unpaired) electrons. The minimum Gasteiger partial charge on any atom is -0.466 e. The zero-order valence-electron chi connectivity index (χ0n) is 11.5. The topological polar surface area (TPSA) is 38.3 Å². The summed E-state index contributed by atoms with van der Waals surface area (Å²) >= 11 is 0. The molecule has 110 valence electrons. The van der Waals surface area contributed by atoms with E-state index in [0.717, 1.165) is 18.2 Å². The van der Waals surface area contributed by atoms with E-state index in [9.17, 15) is 13.6 Å². The van der Waals surface area contributed by atoms with Gasteiger partial charge in [-0.25, -0.2) is 8.78 Å². The molecule has 0 bridgehead atoms. The molecule has 0 spiro atoms. The van der Waals surface area contributed by atoms with Gasteiger partial charge in [0.15, 0.2) is 0 Å². The number of nitrogens with one attached hydrogen (secondary N) is 1. The van der Waals surface area contributed by atoms with Crippen LogP contribution in [0.1, 0.15) is 18.9 Å². The maximum absolute atomic E-state index is 13.6. The Bertz CT molecular complexity index is 463. The second-order valence-electron chi connectivity index (χ2n) is 4.34. The van der Waals surface area contributed by atoms with E-state index in [2.05, 4.69) is 11.9 Å². The van der Waals surface area contributed by atoms with Crippen LogP contribution in [0.15, 0.2) is 30.9 Å². The summed E-state index contributed by atoms with van der Waals surface area (Å²) in [6.07, 6.45) is 1.94. The first-order valence-electron chi connectivity index (χ1n) is 6.50. The van der Waals surface area contributed by atoms with E-state index in [4.69, 9.17) is 4.74 Å². The van der Waals surface area contributed by atoms with E-state index in [0.29, 0.717) is 13.2 Å². The van der Waals surface area contributed by atoms with Gasteiger partial charge >= 0.3 is 5.97 Å². The van der Waals surface area contributed by atoms with Crippen LogP contribution >= 0.6 is 0 Å². The highest BCUT2D eigenvalue weighted by molar-refractivity contribution is 5.70. The lowest BCUT2D eigenvalue weighted by Gasteiger charge is -2.17. The van der Waals surface area contributed by atoms with Crippen LogP contribution in [-0.4, -0.2) is 25.2 Å². The van der Waals surface area contributed by atoms with Crippen molar-refractivity contribution in [1.29, 1.82) is 0 Å². The molecule has 1 rings (SSSR count). The average Bonchev–Trinajstić information content (AvgIpc) is 2.40. The van der Waals surface area contributed by atoms with Crippen LogP contribution in [0.2, 0.25) is 0 Å². The fraction of sp³-hybridized carbons (Fsp3) is 0.400. The summed E-state index contributed by atoms with van der Waals surface area (Å²) < 4.78 is 31.6. The van der Waals surface area contributed by atoms with Crippen molar-refractivity contribution < 1.29 is 18.3 Å². The van der Waals surface area contributed by atoms with Crippen molar-refractivity contribution in [2.75, 3.05) is 13.2 Å². The summed E-state index contributed by atoms with van der Waals surface area (Å²) in [5.74, 6) is -1.36. The summed E-state index contributed by atoms with van der Waals surface area (Å²) in [4.78, 5) is 11.5. The van der Waals surface area contributed by atoms with Crippen molar-refractivity contribution in [3.8, 4) is 0 Å². The molecule has 1 N–H and O–H groups in total. The van der Waals surface area contributed by atoms with Crippen molar-refractivity contribution in [3.05, 3.63) is 48.1 Å². The maximum atomic E-state index is 13.6. The number of carbonyl (C=O) groups is 1. The third-order valence-electron chi connectivity index (χ3n) is 2.74. The smallest absolute Gasteiger partial charge is 0.307 e. The predicted molar refractivity (Wildman–Crippen MR) is 73.3 cm³/mol. The molecule has 0 aliphatic carbocycles. The number of rotatable bonds is 8. The van der Waals surface area contributed by atoms with E-state index in [-0.39, 0.29) is 30.4 Å². The third kappa shape index (κ3) is 5.48. The largest absolute Gasteiger partial charge is 0.466 e. The molecule has 3 nitrogen and oxygen atoms in total. The van der Waals surface area contributed by atoms with E-state index in [1.807, 2.05) is 0 Å². The van der Waals surface area contributed by atoms with Gasteiger partial charge in [0, 0.05) is 12.6 Å². The molecule has 0 aromatic heterocycles. The molecule has 0 saturated heterocycles. The van der Waals surface area contributed by atoms with Crippen molar-refractivity contribution in [3.63, 3.8) is 0 Å². The van der Waals surface area contributed by atoms with Gasteiger partial charge in [0.05, 0.1) is 13.0 Å². The molecule has 1 unspecified atom stereocenters. The van der Waals surface area contributed by atoms with Gasteiger partial charge in [-0.15, -0.1) is 6.58 Å². The summed E-state index contributed by atoms with van der Waals surface area (Å²) in [5.41, 5.74) is 0.232. The van der Waals surface area contributed by atoms with Gasteiger partial charge in [0.1, 0.15) is 11.6 Å². The van der Waals surface area contributed by atoms with Crippen LogP contribution in [0.5, 0.6) is 0 Å². The number of hydrogen-bond acceptors (Lipinski definition) is 3. The molecule has 1 aromatic rings. The minimum absolute atomic E-state index is 0.0949. The van der Waals surface area contributed by atoms with Gasteiger partial charge < -0.3 is 10.1 Å². The molecule has 0 aliphatic heterocycles. The molecule has 5 heteroatoms. The van der Waals surface area contributed by atoms with Gasteiger partial charge in [0.25, 0.3) is 0 Å². The first kappa shape index (κ1) is 16.3. The van der Waals surface area contributed by atoms with E-state index >= 15 is 0 Å². The quantitative estimate of drug-likeness (QED) is 0.589. The summed E-state index contributed by atoms with van der Waals surface area (Å²) in [7, 11) is 0. The first-order valence-corrected chi connectivity index (χ1v) is 6.50. The average molecular weight is 283 g/mol. The molecular weight excluding hydrogens is 264 g/mol.